The number of rotatable bonds is 2. The summed E-state index contributed by atoms with van der Waals surface area (Å²) in [5, 5.41) is 17.4. The molecule has 1 N–H and O–H groups in total. The largest absolute Gasteiger partial charge is 0.632 e. The van der Waals surface area contributed by atoms with Gasteiger partial charge in [-0.3, -0.25) is 0 Å². The van der Waals surface area contributed by atoms with Crippen molar-refractivity contribution in [1.82, 2.24) is 0 Å². The summed E-state index contributed by atoms with van der Waals surface area (Å²) in [5.41, 5.74) is 3.11. The second-order valence-corrected chi connectivity index (χ2v) is 8.16. The summed E-state index contributed by atoms with van der Waals surface area (Å²) in [6, 6.07) is 8.12. The van der Waals surface area contributed by atoms with Gasteiger partial charge >= 0.3 is 5.97 Å². The Balaban J connectivity index is 1.86. The van der Waals surface area contributed by atoms with Gasteiger partial charge in [0.2, 0.25) is 0 Å². The standard InChI is InChI=1S/C21H24N2O3/c1-3-20-9-6-11-23(25)12-10-21(19(20)23)15-7-4-5-8-16(15)22-17(21)14(13-20)18(24)26-2/h4-9,19,22H,3,10-13H2,1-2H3/t19-,20-,21-,23?/m0/s1. The second-order valence-electron chi connectivity index (χ2n) is 8.16. The third-order valence-corrected chi connectivity index (χ3v) is 7.24. The minimum Gasteiger partial charge on any atom is -0.632 e. The molecule has 0 amide bonds. The number of nitrogens with one attached hydrogen (secondary N) is 1. The molecule has 5 rings (SSSR count). The summed E-state index contributed by atoms with van der Waals surface area (Å²) < 4.78 is 4.97. The molecule has 1 aromatic rings. The van der Waals surface area contributed by atoms with E-state index in [1.807, 2.05) is 24.3 Å². The van der Waals surface area contributed by atoms with Crippen molar-refractivity contribution < 1.29 is 14.2 Å². The smallest absolute Gasteiger partial charge is 0.335 e. The van der Waals surface area contributed by atoms with E-state index in [9.17, 15) is 10.0 Å². The number of carbonyl (C=O) groups is 1. The minimum atomic E-state index is -0.416. The molecule has 5 nitrogen and oxygen atoms in total. The number of carbonyl (C=O) groups excluding carboxylic acids is 1. The van der Waals surface area contributed by atoms with Gasteiger partial charge in [-0.25, -0.2) is 4.79 Å². The number of hydroxylamine groups is 3. The Kier molecular flexibility index (Phi) is 3.09. The van der Waals surface area contributed by atoms with Crippen LogP contribution in [0.4, 0.5) is 5.69 Å². The molecule has 0 bridgehead atoms. The number of hydrogen-bond acceptors (Lipinski definition) is 4. The Hall–Kier alpha value is -2.11. The van der Waals surface area contributed by atoms with Gasteiger partial charge in [0.1, 0.15) is 6.04 Å². The first kappa shape index (κ1) is 16.1. The first-order valence-electron chi connectivity index (χ1n) is 9.45. The average Bonchev–Trinajstić information content (AvgIpc) is 3.17. The van der Waals surface area contributed by atoms with Crippen molar-refractivity contribution in [3.8, 4) is 0 Å². The zero-order chi connectivity index (χ0) is 18.2. The van der Waals surface area contributed by atoms with Crippen LogP contribution < -0.4 is 5.32 Å². The van der Waals surface area contributed by atoms with E-state index in [0.717, 1.165) is 24.2 Å². The normalized spacial score (nSPS) is 39.1. The van der Waals surface area contributed by atoms with Crippen molar-refractivity contribution in [3.63, 3.8) is 0 Å². The summed E-state index contributed by atoms with van der Waals surface area (Å²) in [6.07, 6.45) is 6.44. The lowest BCUT2D eigenvalue weighted by atomic mass is 9.55. The third kappa shape index (κ3) is 1.66. The highest BCUT2D eigenvalue weighted by molar-refractivity contribution is 5.93. The molecule has 1 spiro atoms. The SMILES string of the molecule is CC[C@]12C=CC[N+]3([O-])CC[C@]4(C(=C(C(=O)OC)C1)Nc1ccccc14)[C@H]23. The number of benzene rings is 1. The molecule has 1 aromatic carbocycles. The van der Waals surface area contributed by atoms with Crippen LogP contribution in [-0.4, -0.2) is 36.9 Å². The highest BCUT2D eigenvalue weighted by Gasteiger charge is 2.70. The second kappa shape index (κ2) is 4.99. The topological polar surface area (TPSA) is 61.4 Å². The molecule has 5 heteroatoms. The van der Waals surface area contributed by atoms with Crippen LogP contribution in [0.5, 0.6) is 0 Å². The summed E-state index contributed by atoms with van der Waals surface area (Å²) in [5.74, 6) is -0.277. The Labute approximate surface area is 153 Å². The van der Waals surface area contributed by atoms with Gasteiger partial charge in [-0.2, -0.15) is 0 Å². The third-order valence-electron chi connectivity index (χ3n) is 7.24. The molecular weight excluding hydrogens is 328 g/mol. The molecule has 4 aliphatic rings. The van der Waals surface area contributed by atoms with Crippen molar-refractivity contribution >= 4 is 11.7 Å². The number of quaternary nitrogens is 1. The van der Waals surface area contributed by atoms with Gasteiger partial charge in [0, 0.05) is 23.2 Å². The van der Waals surface area contributed by atoms with E-state index in [-0.39, 0.29) is 22.1 Å². The number of methoxy groups -OCH3 is 1. The molecule has 0 aromatic heterocycles. The van der Waals surface area contributed by atoms with E-state index in [4.69, 9.17) is 4.74 Å². The van der Waals surface area contributed by atoms with E-state index < -0.39 is 5.41 Å². The van der Waals surface area contributed by atoms with Crippen molar-refractivity contribution in [1.29, 1.82) is 0 Å². The molecule has 0 saturated carbocycles. The number of para-hydroxylation sites is 1. The molecule has 3 heterocycles. The van der Waals surface area contributed by atoms with Gasteiger partial charge in [0.25, 0.3) is 0 Å². The molecule has 1 aliphatic carbocycles. The molecule has 26 heavy (non-hydrogen) atoms. The zero-order valence-electron chi connectivity index (χ0n) is 15.2. The molecule has 1 saturated heterocycles. The van der Waals surface area contributed by atoms with Crippen LogP contribution in [-0.2, 0) is 14.9 Å². The van der Waals surface area contributed by atoms with E-state index in [0.29, 0.717) is 25.1 Å². The quantitative estimate of drug-likeness (QED) is 0.384. The number of esters is 1. The molecule has 0 radical (unpaired) electrons. The fourth-order valence-corrected chi connectivity index (χ4v) is 6.30. The van der Waals surface area contributed by atoms with E-state index in [1.54, 1.807) is 0 Å². The summed E-state index contributed by atoms with van der Waals surface area (Å²) >= 11 is 0. The van der Waals surface area contributed by atoms with E-state index in [1.165, 1.54) is 12.7 Å². The first-order valence-corrected chi connectivity index (χ1v) is 9.45. The van der Waals surface area contributed by atoms with Crippen LogP contribution in [0.3, 0.4) is 0 Å². The molecular formula is C21H24N2O3. The summed E-state index contributed by atoms with van der Waals surface area (Å²) in [4.78, 5) is 12.7. The maximum Gasteiger partial charge on any atom is 0.335 e. The Morgan fingerprint density at radius 3 is 3.00 bits per heavy atom. The van der Waals surface area contributed by atoms with Gasteiger partial charge < -0.3 is 19.9 Å². The predicted octanol–water partition coefficient (Wildman–Crippen LogP) is 3.23. The Morgan fingerprint density at radius 1 is 1.42 bits per heavy atom. The van der Waals surface area contributed by atoms with Crippen LogP contribution in [0.2, 0.25) is 0 Å². The van der Waals surface area contributed by atoms with Crippen molar-refractivity contribution in [2.75, 3.05) is 25.5 Å². The Bertz CT molecular complexity index is 876. The molecule has 1 unspecified atom stereocenters. The highest BCUT2D eigenvalue weighted by Crippen LogP contribution is 2.66. The number of fused-ring (bicyclic) bond motifs is 1. The molecule has 3 aliphatic heterocycles. The van der Waals surface area contributed by atoms with E-state index in [2.05, 4.69) is 24.4 Å². The zero-order valence-corrected chi connectivity index (χ0v) is 15.2. The first-order chi connectivity index (χ1) is 12.5. The van der Waals surface area contributed by atoms with Crippen molar-refractivity contribution in [3.05, 3.63) is 58.5 Å². The van der Waals surface area contributed by atoms with Crippen molar-refractivity contribution in [2.45, 2.75) is 37.6 Å². The average molecular weight is 352 g/mol. The van der Waals surface area contributed by atoms with Gasteiger partial charge in [0.15, 0.2) is 0 Å². The van der Waals surface area contributed by atoms with Crippen LogP contribution in [0.15, 0.2) is 47.7 Å². The number of nitrogens with zero attached hydrogens (tertiary/aromatic N) is 1. The number of hydrogen-bond donors (Lipinski definition) is 1. The van der Waals surface area contributed by atoms with Gasteiger partial charge in [-0.15, -0.1) is 0 Å². The predicted molar refractivity (Wildman–Crippen MR) is 99.0 cm³/mol. The molecule has 136 valence electrons. The van der Waals surface area contributed by atoms with Crippen molar-refractivity contribution in [2.24, 2.45) is 5.41 Å². The summed E-state index contributed by atoms with van der Waals surface area (Å²) in [6.45, 7) is 3.25. The van der Waals surface area contributed by atoms with Gasteiger partial charge in [-0.1, -0.05) is 31.2 Å². The van der Waals surface area contributed by atoms with Crippen LogP contribution in [0, 0.1) is 10.6 Å². The lowest BCUT2D eigenvalue weighted by Gasteiger charge is -2.58. The van der Waals surface area contributed by atoms with Crippen LogP contribution in [0.1, 0.15) is 31.7 Å². The minimum absolute atomic E-state index is 0.0930. The lowest BCUT2D eigenvalue weighted by molar-refractivity contribution is -0.898. The highest BCUT2D eigenvalue weighted by atomic mass is 16.6. The molecule has 4 atom stereocenters. The Morgan fingerprint density at radius 2 is 2.23 bits per heavy atom. The number of ether oxygens (including phenoxy) is 1. The lowest BCUT2D eigenvalue weighted by Crippen LogP contribution is -2.64. The molecule has 1 fully saturated rings. The van der Waals surface area contributed by atoms with Gasteiger partial charge in [0.05, 0.1) is 31.2 Å². The maximum atomic E-state index is 13.9. The van der Waals surface area contributed by atoms with Crippen LogP contribution >= 0.6 is 0 Å². The summed E-state index contributed by atoms with van der Waals surface area (Å²) in [7, 11) is 1.44. The monoisotopic (exact) mass is 352 g/mol. The van der Waals surface area contributed by atoms with E-state index >= 15 is 0 Å². The fraction of sp³-hybridized carbons (Fsp3) is 0.476. The van der Waals surface area contributed by atoms with Gasteiger partial charge in [-0.05, 0) is 30.5 Å². The maximum absolute atomic E-state index is 13.9. The fourth-order valence-electron chi connectivity index (χ4n) is 6.30. The number of anilines is 1. The van der Waals surface area contributed by atoms with Crippen LogP contribution in [0.25, 0.3) is 0 Å².